The molecule has 1 N–H and O–H groups in total. The Balaban J connectivity index is 2.65. The van der Waals surface area contributed by atoms with Gasteiger partial charge in [-0.2, -0.15) is 0 Å². The van der Waals surface area contributed by atoms with E-state index in [0.717, 1.165) is 4.31 Å². The fraction of sp³-hybridized carbons (Fsp3) is 0.125. The standard InChI is InChI=1S/C16H12BrCl2NO3S/c1-3-4-10-7-12(18)5-6-14(10)20(2)24(22,23)15-9-11(17)8-13(19)16(15)21/h5-9,21H,1-2H3. The van der Waals surface area contributed by atoms with Crippen LogP contribution in [-0.2, 0) is 10.0 Å². The number of sulfonamides is 1. The van der Waals surface area contributed by atoms with E-state index in [1.165, 1.54) is 19.2 Å². The van der Waals surface area contributed by atoms with Crippen LogP contribution < -0.4 is 4.31 Å². The van der Waals surface area contributed by atoms with E-state index in [2.05, 4.69) is 27.8 Å². The molecule has 0 bridgehead atoms. The van der Waals surface area contributed by atoms with Crippen LogP contribution >= 0.6 is 39.1 Å². The number of anilines is 1. The number of hydrogen-bond donors (Lipinski definition) is 1. The molecule has 0 amide bonds. The topological polar surface area (TPSA) is 57.6 Å². The van der Waals surface area contributed by atoms with Gasteiger partial charge in [0.25, 0.3) is 10.0 Å². The van der Waals surface area contributed by atoms with Crippen LogP contribution in [0.25, 0.3) is 0 Å². The fourth-order valence-electron chi connectivity index (χ4n) is 2.03. The third kappa shape index (κ3) is 3.65. The molecule has 2 aromatic rings. The monoisotopic (exact) mass is 447 g/mol. The van der Waals surface area contributed by atoms with Crippen LogP contribution in [-0.4, -0.2) is 20.6 Å². The predicted molar refractivity (Wildman–Crippen MR) is 100 cm³/mol. The number of aromatic hydroxyl groups is 1. The third-order valence-electron chi connectivity index (χ3n) is 3.19. The molecule has 2 rings (SSSR count). The summed E-state index contributed by atoms with van der Waals surface area (Å²) in [5, 5.41) is 10.4. The summed E-state index contributed by atoms with van der Waals surface area (Å²) in [4.78, 5) is -0.310. The molecule has 0 aliphatic heterocycles. The first-order chi connectivity index (χ1) is 11.2. The molecule has 0 spiro atoms. The minimum atomic E-state index is -4.06. The van der Waals surface area contributed by atoms with Crippen LogP contribution in [0.2, 0.25) is 10.0 Å². The molecular weight excluding hydrogens is 437 g/mol. The third-order valence-corrected chi connectivity index (χ3v) is 5.96. The lowest BCUT2D eigenvalue weighted by Gasteiger charge is -2.22. The van der Waals surface area contributed by atoms with E-state index in [1.807, 2.05) is 0 Å². The summed E-state index contributed by atoms with van der Waals surface area (Å²) >= 11 is 15.0. The van der Waals surface area contributed by atoms with Crippen LogP contribution in [0, 0.1) is 11.8 Å². The Morgan fingerprint density at radius 2 is 1.88 bits per heavy atom. The minimum absolute atomic E-state index is 0.0685. The van der Waals surface area contributed by atoms with Gasteiger partial charge in [0.05, 0.1) is 16.3 Å². The first-order valence-corrected chi connectivity index (χ1v) is 9.56. The Labute approximate surface area is 159 Å². The molecule has 0 saturated heterocycles. The molecule has 0 fully saturated rings. The van der Waals surface area contributed by atoms with Crippen molar-refractivity contribution in [2.45, 2.75) is 11.8 Å². The second-order valence-corrected chi connectivity index (χ2v) is 8.44. The van der Waals surface area contributed by atoms with Gasteiger partial charge in [-0.1, -0.05) is 45.1 Å². The average molecular weight is 449 g/mol. The van der Waals surface area contributed by atoms with Gasteiger partial charge in [-0.25, -0.2) is 8.42 Å². The summed E-state index contributed by atoms with van der Waals surface area (Å²) in [5.74, 6) is 5.03. The molecule has 0 unspecified atom stereocenters. The zero-order chi connectivity index (χ0) is 18.1. The average Bonchev–Trinajstić information content (AvgIpc) is 2.50. The highest BCUT2D eigenvalue weighted by atomic mass is 79.9. The van der Waals surface area contributed by atoms with Crippen LogP contribution in [0.1, 0.15) is 12.5 Å². The van der Waals surface area contributed by atoms with Crippen molar-refractivity contribution in [1.29, 1.82) is 0 Å². The highest BCUT2D eigenvalue weighted by molar-refractivity contribution is 9.10. The lowest BCUT2D eigenvalue weighted by molar-refractivity contribution is 0.458. The number of nitrogens with zero attached hydrogens (tertiary/aromatic N) is 1. The van der Waals surface area contributed by atoms with Crippen LogP contribution in [0.5, 0.6) is 5.75 Å². The van der Waals surface area contributed by atoms with Crippen molar-refractivity contribution in [2.75, 3.05) is 11.4 Å². The van der Waals surface area contributed by atoms with Crippen molar-refractivity contribution in [1.82, 2.24) is 0 Å². The Morgan fingerprint density at radius 1 is 1.21 bits per heavy atom. The predicted octanol–water partition coefficient (Wildman–Crippen LogP) is 4.66. The summed E-state index contributed by atoms with van der Waals surface area (Å²) in [6.45, 7) is 1.64. The van der Waals surface area contributed by atoms with Gasteiger partial charge in [0.2, 0.25) is 0 Å². The van der Waals surface area contributed by atoms with E-state index in [-0.39, 0.29) is 9.92 Å². The molecule has 126 valence electrons. The van der Waals surface area contributed by atoms with Gasteiger partial charge >= 0.3 is 0 Å². The van der Waals surface area contributed by atoms with Crippen molar-refractivity contribution in [2.24, 2.45) is 0 Å². The van der Waals surface area contributed by atoms with E-state index in [4.69, 9.17) is 23.2 Å². The molecule has 2 aromatic carbocycles. The Bertz CT molecular complexity index is 965. The number of benzene rings is 2. The van der Waals surface area contributed by atoms with E-state index in [1.54, 1.807) is 25.1 Å². The van der Waals surface area contributed by atoms with Gasteiger partial charge in [-0.05, 0) is 37.3 Å². The summed E-state index contributed by atoms with van der Waals surface area (Å²) in [6.07, 6.45) is 0. The number of hydrogen-bond acceptors (Lipinski definition) is 3. The number of halogens is 3. The molecular formula is C16H12BrCl2NO3S. The van der Waals surface area contributed by atoms with Crippen LogP contribution in [0.4, 0.5) is 5.69 Å². The summed E-state index contributed by atoms with van der Waals surface area (Å²) in [5.41, 5.74) is 0.793. The molecule has 0 atom stereocenters. The first kappa shape index (κ1) is 18.9. The maximum atomic E-state index is 12.9. The molecule has 0 aromatic heterocycles. The maximum Gasteiger partial charge on any atom is 0.267 e. The molecule has 0 aliphatic carbocycles. The highest BCUT2D eigenvalue weighted by Crippen LogP contribution is 2.37. The van der Waals surface area contributed by atoms with Crippen molar-refractivity contribution >= 4 is 54.8 Å². The molecule has 8 heteroatoms. The number of rotatable bonds is 3. The maximum absolute atomic E-state index is 12.9. The van der Waals surface area contributed by atoms with Crippen molar-refractivity contribution < 1.29 is 13.5 Å². The van der Waals surface area contributed by atoms with Crippen molar-refractivity contribution in [3.05, 3.63) is 50.4 Å². The van der Waals surface area contributed by atoms with Crippen molar-refractivity contribution in [3.63, 3.8) is 0 Å². The van der Waals surface area contributed by atoms with E-state index in [9.17, 15) is 13.5 Å². The zero-order valence-electron chi connectivity index (χ0n) is 12.6. The van der Waals surface area contributed by atoms with Crippen molar-refractivity contribution in [3.8, 4) is 17.6 Å². The highest BCUT2D eigenvalue weighted by Gasteiger charge is 2.28. The summed E-state index contributed by atoms with van der Waals surface area (Å²) < 4.78 is 27.3. The van der Waals surface area contributed by atoms with Crippen LogP contribution in [0.3, 0.4) is 0 Å². The fourth-order valence-corrected chi connectivity index (χ4v) is 4.57. The van der Waals surface area contributed by atoms with Crippen LogP contribution in [0.15, 0.2) is 39.7 Å². The second-order valence-electron chi connectivity index (χ2n) is 4.74. The van der Waals surface area contributed by atoms with Gasteiger partial charge in [0.1, 0.15) is 4.90 Å². The first-order valence-electron chi connectivity index (χ1n) is 6.57. The molecule has 0 radical (unpaired) electrons. The summed E-state index contributed by atoms with van der Waals surface area (Å²) in [7, 11) is -2.69. The number of phenolic OH excluding ortho intramolecular Hbond substituents is 1. The minimum Gasteiger partial charge on any atom is -0.505 e. The van der Waals surface area contributed by atoms with Gasteiger partial charge < -0.3 is 5.11 Å². The smallest absolute Gasteiger partial charge is 0.267 e. The Hall–Kier alpha value is -1.39. The lowest BCUT2D eigenvalue weighted by atomic mass is 10.2. The van der Waals surface area contributed by atoms with E-state index in [0.29, 0.717) is 20.7 Å². The molecule has 0 heterocycles. The second kappa shape index (κ2) is 7.24. The largest absolute Gasteiger partial charge is 0.505 e. The molecule has 24 heavy (non-hydrogen) atoms. The van der Waals surface area contributed by atoms with Gasteiger partial charge in [-0.15, -0.1) is 5.92 Å². The SMILES string of the molecule is CC#Cc1cc(Cl)ccc1N(C)S(=O)(=O)c1cc(Br)cc(Cl)c1O. The van der Waals surface area contributed by atoms with Gasteiger partial charge in [-0.3, -0.25) is 4.31 Å². The number of phenols is 1. The van der Waals surface area contributed by atoms with E-state index >= 15 is 0 Å². The Morgan fingerprint density at radius 3 is 2.50 bits per heavy atom. The van der Waals surface area contributed by atoms with Gasteiger partial charge in [0.15, 0.2) is 5.75 Å². The van der Waals surface area contributed by atoms with Gasteiger partial charge in [0, 0.05) is 16.5 Å². The molecule has 0 aliphatic rings. The molecule has 4 nitrogen and oxygen atoms in total. The van der Waals surface area contributed by atoms with E-state index < -0.39 is 15.8 Å². The molecule has 0 saturated carbocycles. The quantitative estimate of drug-likeness (QED) is 0.694. The summed E-state index contributed by atoms with van der Waals surface area (Å²) in [6, 6.07) is 7.39. The normalized spacial score (nSPS) is 10.9. The Kier molecular flexibility index (Phi) is 5.71. The lowest BCUT2D eigenvalue weighted by Crippen LogP contribution is -2.27. The zero-order valence-corrected chi connectivity index (χ0v) is 16.6.